The van der Waals surface area contributed by atoms with Crippen molar-refractivity contribution in [1.82, 2.24) is 20.0 Å². The second-order valence-corrected chi connectivity index (χ2v) is 2.86. The van der Waals surface area contributed by atoms with E-state index in [1.54, 1.807) is 24.1 Å². The molecule has 0 atom stereocenters. The van der Waals surface area contributed by atoms with Crippen molar-refractivity contribution in [2.75, 3.05) is 0 Å². The van der Waals surface area contributed by atoms with Gasteiger partial charge in [0.15, 0.2) is 0 Å². The van der Waals surface area contributed by atoms with Crippen LogP contribution in [0.2, 0.25) is 0 Å². The molecule has 0 aliphatic heterocycles. The number of hydrogen-bond donors (Lipinski definition) is 2. The zero-order valence-corrected chi connectivity index (χ0v) is 7.43. The maximum Gasteiger partial charge on any atom is 0.339 e. The van der Waals surface area contributed by atoms with Gasteiger partial charge in [-0.3, -0.25) is 9.78 Å². The zero-order chi connectivity index (χ0) is 10.1. The fourth-order valence-corrected chi connectivity index (χ4v) is 1.22. The lowest BCUT2D eigenvalue weighted by molar-refractivity contribution is 0.0698. The summed E-state index contributed by atoms with van der Waals surface area (Å²) in [6, 6.07) is 0. The molecule has 2 aromatic heterocycles. The average molecular weight is 192 g/mol. The summed E-state index contributed by atoms with van der Waals surface area (Å²) in [7, 11) is 1.76. The lowest BCUT2D eigenvalue weighted by atomic mass is 10.2. The largest absolute Gasteiger partial charge is 0.478 e. The summed E-state index contributed by atoms with van der Waals surface area (Å²) in [6.45, 7) is 0. The Morgan fingerprint density at radius 1 is 1.64 bits per heavy atom. The Hall–Kier alpha value is -2.11. The first-order chi connectivity index (χ1) is 6.68. The van der Waals surface area contributed by atoms with Gasteiger partial charge in [0.1, 0.15) is 11.3 Å². The second-order valence-electron chi connectivity index (χ2n) is 2.86. The Kier molecular flexibility index (Phi) is 1.81. The molecule has 6 nitrogen and oxygen atoms in total. The van der Waals surface area contributed by atoms with Gasteiger partial charge in [-0.25, -0.2) is 4.79 Å². The molecule has 72 valence electrons. The van der Waals surface area contributed by atoms with Crippen LogP contribution in [0.5, 0.6) is 0 Å². The van der Waals surface area contributed by atoms with Crippen LogP contribution in [0, 0.1) is 0 Å². The monoisotopic (exact) mass is 192 g/mol. The van der Waals surface area contributed by atoms with Crippen LogP contribution in [0.15, 0.2) is 18.6 Å². The molecule has 0 saturated heterocycles. The fourth-order valence-electron chi connectivity index (χ4n) is 1.22. The van der Waals surface area contributed by atoms with Gasteiger partial charge in [0.2, 0.25) is 0 Å². The van der Waals surface area contributed by atoms with Crippen molar-refractivity contribution in [2.24, 2.45) is 7.05 Å². The van der Waals surface area contributed by atoms with Crippen molar-refractivity contribution < 1.29 is 9.90 Å². The van der Waals surface area contributed by atoms with Crippen LogP contribution in [0.1, 0.15) is 10.4 Å². The van der Waals surface area contributed by atoms with E-state index in [-0.39, 0.29) is 5.56 Å². The number of carbonyl (C=O) groups is 1. The van der Waals surface area contributed by atoms with Crippen molar-refractivity contribution in [3.8, 4) is 11.3 Å². The van der Waals surface area contributed by atoms with Crippen LogP contribution in [-0.4, -0.2) is 31.1 Å². The second kappa shape index (κ2) is 2.99. The minimum atomic E-state index is -1.00. The highest BCUT2D eigenvalue weighted by Crippen LogP contribution is 2.19. The van der Waals surface area contributed by atoms with Crippen LogP contribution in [0.25, 0.3) is 11.3 Å². The van der Waals surface area contributed by atoms with E-state index in [0.717, 1.165) is 0 Å². The SMILES string of the molecule is Cn1cc(-c2n[nH]cc2C(=O)O)cn1. The number of aromatic amines is 1. The normalized spacial score (nSPS) is 10.4. The third-order valence-electron chi connectivity index (χ3n) is 1.85. The summed E-state index contributed by atoms with van der Waals surface area (Å²) < 4.78 is 1.59. The van der Waals surface area contributed by atoms with Crippen LogP contribution >= 0.6 is 0 Å². The quantitative estimate of drug-likeness (QED) is 0.726. The van der Waals surface area contributed by atoms with Crippen LogP contribution in [-0.2, 0) is 7.05 Å². The highest BCUT2D eigenvalue weighted by Gasteiger charge is 2.15. The summed E-state index contributed by atoms with van der Waals surface area (Å²) in [6.07, 6.45) is 4.63. The molecule has 0 saturated carbocycles. The highest BCUT2D eigenvalue weighted by molar-refractivity contribution is 5.94. The van der Waals surface area contributed by atoms with Crippen molar-refractivity contribution in [3.05, 3.63) is 24.2 Å². The number of carboxylic acids is 1. The summed E-state index contributed by atoms with van der Waals surface area (Å²) in [4.78, 5) is 10.8. The molecule has 0 bridgehead atoms. The van der Waals surface area contributed by atoms with E-state index in [4.69, 9.17) is 5.11 Å². The minimum absolute atomic E-state index is 0.151. The minimum Gasteiger partial charge on any atom is -0.478 e. The molecule has 2 heterocycles. The Morgan fingerprint density at radius 3 is 3.00 bits per heavy atom. The molecule has 0 radical (unpaired) electrons. The van der Waals surface area contributed by atoms with Gasteiger partial charge in [0.05, 0.1) is 6.20 Å². The van der Waals surface area contributed by atoms with Crippen molar-refractivity contribution in [1.29, 1.82) is 0 Å². The molecule has 6 heteroatoms. The predicted molar refractivity (Wildman–Crippen MR) is 47.7 cm³/mol. The number of nitrogens with one attached hydrogen (secondary N) is 1. The lowest BCUT2D eigenvalue weighted by Gasteiger charge is -1.92. The van der Waals surface area contributed by atoms with Crippen molar-refractivity contribution >= 4 is 5.97 Å². The standard InChI is InChI=1S/C8H8N4O2/c1-12-4-5(2-10-12)7-6(8(13)14)3-9-11-7/h2-4H,1H3,(H,9,11)(H,13,14). The number of aromatic nitrogens is 4. The number of hydrogen-bond acceptors (Lipinski definition) is 3. The maximum atomic E-state index is 10.8. The van der Waals surface area contributed by atoms with Crippen LogP contribution < -0.4 is 0 Å². The van der Waals surface area contributed by atoms with E-state index >= 15 is 0 Å². The first-order valence-electron chi connectivity index (χ1n) is 3.94. The summed E-state index contributed by atoms with van der Waals surface area (Å²) >= 11 is 0. The molecule has 0 fully saturated rings. The Labute approximate surface area is 79.2 Å². The zero-order valence-electron chi connectivity index (χ0n) is 7.43. The number of nitrogens with zero attached hydrogens (tertiary/aromatic N) is 3. The number of aromatic carboxylic acids is 1. The molecular formula is C8H8N4O2. The third kappa shape index (κ3) is 1.26. The molecule has 14 heavy (non-hydrogen) atoms. The molecule has 0 aliphatic rings. The Bertz CT molecular complexity index is 471. The molecule has 2 N–H and O–H groups in total. The van der Waals surface area contributed by atoms with Gasteiger partial charge in [-0.1, -0.05) is 0 Å². The smallest absolute Gasteiger partial charge is 0.339 e. The third-order valence-corrected chi connectivity index (χ3v) is 1.85. The first-order valence-corrected chi connectivity index (χ1v) is 3.94. The van der Waals surface area contributed by atoms with E-state index in [2.05, 4.69) is 15.3 Å². The predicted octanol–water partition coefficient (Wildman–Crippen LogP) is 0.508. The van der Waals surface area contributed by atoms with E-state index in [9.17, 15) is 4.79 Å². The molecule has 0 aliphatic carbocycles. The van der Waals surface area contributed by atoms with E-state index in [1.165, 1.54) is 6.20 Å². The molecule has 0 unspecified atom stereocenters. The molecule has 0 spiro atoms. The summed E-state index contributed by atoms with van der Waals surface area (Å²) in [5.74, 6) is -1.00. The van der Waals surface area contributed by atoms with E-state index in [1.807, 2.05) is 0 Å². The summed E-state index contributed by atoms with van der Waals surface area (Å²) in [5, 5.41) is 19.2. The maximum absolute atomic E-state index is 10.8. The van der Waals surface area contributed by atoms with Gasteiger partial charge in [-0.2, -0.15) is 10.2 Å². The van der Waals surface area contributed by atoms with Crippen LogP contribution in [0.3, 0.4) is 0 Å². The number of rotatable bonds is 2. The summed E-state index contributed by atoms with van der Waals surface area (Å²) in [5.41, 5.74) is 1.25. The van der Waals surface area contributed by atoms with E-state index in [0.29, 0.717) is 11.3 Å². The van der Waals surface area contributed by atoms with Gasteiger partial charge in [-0.15, -0.1) is 0 Å². The van der Waals surface area contributed by atoms with Gasteiger partial charge >= 0.3 is 5.97 Å². The van der Waals surface area contributed by atoms with Crippen molar-refractivity contribution in [2.45, 2.75) is 0 Å². The van der Waals surface area contributed by atoms with Gasteiger partial charge in [0.25, 0.3) is 0 Å². The average Bonchev–Trinajstić information content (AvgIpc) is 2.70. The van der Waals surface area contributed by atoms with Gasteiger partial charge in [-0.05, 0) is 0 Å². The highest BCUT2D eigenvalue weighted by atomic mass is 16.4. The lowest BCUT2D eigenvalue weighted by Crippen LogP contribution is -1.96. The Morgan fingerprint density at radius 2 is 2.43 bits per heavy atom. The van der Waals surface area contributed by atoms with Crippen LogP contribution in [0.4, 0.5) is 0 Å². The van der Waals surface area contributed by atoms with Gasteiger partial charge < -0.3 is 5.11 Å². The molecule has 2 aromatic rings. The molecule has 2 rings (SSSR count). The number of aryl methyl sites for hydroxylation is 1. The Balaban J connectivity index is 2.51. The van der Waals surface area contributed by atoms with Gasteiger partial charge in [0, 0.05) is 25.0 Å². The molecule has 0 amide bonds. The fraction of sp³-hybridized carbons (Fsp3) is 0.125. The number of H-pyrrole nitrogens is 1. The topological polar surface area (TPSA) is 83.8 Å². The number of carboxylic acid groups (broad SMARTS) is 1. The van der Waals surface area contributed by atoms with Crippen molar-refractivity contribution in [3.63, 3.8) is 0 Å². The molecular weight excluding hydrogens is 184 g/mol. The van der Waals surface area contributed by atoms with E-state index < -0.39 is 5.97 Å². The first kappa shape index (κ1) is 8.49. The molecule has 0 aromatic carbocycles.